The quantitative estimate of drug-likeness (QED) is 0.706. The molecule has 2 heterocycles. The van der Waals surface area contributed by atoms with Crippen LogP contribution in [0, 0.1) is 0 Å². The van der Waals surface area contributed by atoms with E-state index in [0.29, 0.717) is 24.7 Å². The van der Waals surface area contributed by atoms with Crippen LogP contribution in [-0.4, -0.2) is 36.9 Å². The lowest BCUT2D eigenvalue weighted by Gasteiger charge is -2.13. The van der Waals surface area contributed by atoms with Crippen molar-refractivity contribution in [3.63, 3.8) is 0 Å². The third kappa shape index (κ3) is 4.12. The monoisotopic (exact) mass is 354 g/mol. The van der Waals surface area contributed by atoms with E-state index in [9.17, 15) is 4.79 Å². The van der Waals surface area contributed by atoms with Crippen molar-refractivity contribution < 1.29 is 13.9 Å². The Bertz CT molecular complexity index is 865. The summed E-state index contributed by atoms with van der Waals surface area (Å²) in [6, 6.07) is 13.3. The summed E-state index contributed by atoms with van der Waals surface area (Å²) >= 11 is 0. The van der Waals surface area contributed by atoms with Crippen LogP contribution in [0.3, 0.4) is 0 Å². The van der Waals surface area contributed by atoms with Crippen LogP contribution in [-0.2, 0) is 17.9 Å². The van der Waals surface area contributed by atoms with E-state index in [2.05, 4.69) is 22.5 Å². The van der Waals surface area contributed by atoms with Crippen molar-refractivity contribution in [1.82, 2.24) is 9.78 Å². The van der Waals surface area contributed by atoms with Gasteiger partial charge < -0.3 is 19.4 Å². The van der Waals surface area contributed by atoms with Crippen LogP contribution >= 0.6 is 0 Å². The molecule has 0 bridgehead atoms. The van der Waals surface area contributed by atoms with Crippen molar-refractivity contribution in [1.29, 1.82) is 0 Å². The first kappa shape index (κ1) is 17.8. The van der Waals surface area contributed by atoms with Gasteiger partial charge >= 0.3 is 0 Å². The molecule has 2 aromatic heterocycles. The molecule has 0 atom stereocenters. The lowest BCUT2D eigenvalue weighted by Crippen LogP contribution is -2.15. The number of hydrogen-bond acceptors (Lipinski definition) is 5. The molecule has 0 fully saturated rings. The zero-order chi connectivity index (χ0) is 18.5. The van der Waals surface area contributed by atoms with Crippen LogP contribution in [0.4, 0.5) is 11.5 Å². The van der Waals surface area contributed by atoms with E-state index in [0.717, 1.165) is 11.3 Å². The van der Waals surface area contributed by atoms with Gasteiger partial charge in [0.25, 0.3) is 5.91 Å². The van der Waals surface area contributed by atoms with Gasteiger partial charge in [-0.3, -0.25) is 4.79 Å². The predicted molar refractivity (Wildman–Crippen MR) is 99.5 cm³/mol. The first-order chi connectivity index (χ1) is 12.6. The molecule has 0 saturated carbocycles. The predicted octanol–water partition coefficient (Wildman–Crippen LogP) is 2.99. The Morgan fingerprint density at radius 2 is 1.96 bits per heavy atom. The van der Waals surface area contributed by atoms with Crippen molar-refractivity contribution >= 4 is 17.4 Å². The van der Waals surface area contributed by atoms with Gasteiger partial charge in [-0.25, -0.2) is 4.68 Å². The minimum absolute atomic E-state index is 0.236. The molecule has 1 N–H and O–H groups in total. The number of anilines is 2. The molecule has 0 unspecified atom stereocenters. The molecule has 0 spiro atoms. The number of amides is 1. The Labute approximate surface area is 152 Å². The van der Waals surface area contributed by atoms with E-state index in [4.69, 9.17) is 9.15 Å². The highest BCUT2D eigenvalue weighted by atomic mass is 16.5. The molecule has 3 aromatic rings. The molecule has 7 heteroatoms. The van der Waals surface area contributed by atoms with Gasteiger partial charge in [0.15, 0.2) is 5.76 Å². The largest absolute Gasteiger partial charge is 0.453 e. The summed E-state index contributed by atoms with van der Waals surface area (Å²) in [5.41, 5.74) is 2.22. The molecular weight excluding hydrogens is 332 g/mol. The fourth-order valence-electron chi connectivity index (χ4n) is 2.53. The van der Waals surface area contributed by atoms with E-state index in [1.165, 1.54) is 0 Å². The van der Waals surface area contributed by atoms with E-state index >= 15 is 0 Å². The fourth-order valence-corrected chi connectivity index (χ4v) is 2.53. The number of furan rings is 1. The van der Waals surface area contributed by atoms with Gasteiger partial charge in [0.2, 0.25) is 0 Å². The average molecular weight is 354 g/mol. The Balaban J connectivity index is 1.68. The molecule has 0 aliphatic carbocycles. The van der Waals surface area contributed by atoms with Gasteiger partial charge in [-0.1, -0.05) is 12.1 Å². The second-order valence-electron chi connectivity index (χ2n) is 6.09. The third-order valence-electron chi connectivity index (χ3n) is 3.92. The maximum atomic E-state index is 12.4. The summed E-state index contributed by atoms with van der Waals surface area (Å²) in [6.45, 7) is 0.886. The first-order valence-electron chi connectivity index (χ1n) is 8.24. The van der Waals surface area contributed by atoms with Crippen molar-refractivity contribution in [2.45, 2.75) is 13.2 Å². The lowest BCUT2D eigenvalue weighted by atomic mass is 10.2. The minimum atomic E-state index is -0.322. The Kier molecular flexibility index (Phi) is 5.38. The number of hydrogen-bond donors (Lipinski definition) is 1. The number of nitrogens with one attached hydrogen (secondary N) is 1. The summed E-state index contributed by atoms with van der Waals surface area (Å²) in [4.78, 5) is 14.4. The fraction of sp³-hybridized carbons (Fsp3) is 0.263. The normalized spacial score (nSPS) is 10.7. The number of rotatable bonds is 7. The Hall–Kier alpha value is -3.06. The summed E-state index contributed by atoms with van der Waals surface area (Å²) in [6.07, 6.45) is 1.66. The molecule has 7 nitrogen and oxygen atoms in total. The van der Waals surface area contributed by atoms with Crippen molar-refractivity contribution in [3.05, 3.63) is 65.7 Å². The first-order valence-corrected chi connectivity index (χ1v) is 8.24. The van der Waals surface area contributed by atoms with E-state index in [1.54, 1.807) is 36.2 Å². The zero-order valence-electron chi connectivity index (χ0n) is 15.1. The van der Waals surface area contributed by atoms with Crippen LogP contribution in [0.2, 0.25) is 0 Å². The van der Waals surface area contributed by atoms with E-state index in [1.807, 2.05) is 31.1 Å². The summed E-state index contributed by atoms with van der Waals surface area (Å²) < 4.78 is 12.2. The lowest BCUT2D eigenvalue weighted by molar-refractivity contribution is 0.0986. The van der Waals surface area contributed by atoms with Crippen LogP contribution in [0.1, 0.15) is 21.9 Å². The molecular formula is C19H22N4O3. The molecule has 3 rings (SSSR count). The van der Waals surface area contributed by atoms with Gasteiger partial charge in [-0.15, -0.1) is 0 Å². The van der Waals surface area contributed by atoms with Crippen LogP contribution in [0.15, 0.2) is 53.1 Å². The van der Waals surface area contributed by atoms with Gasteiger partial charge in [-0.2, -0.15) is 5.10 Å². The average Bonchev–Trinajstić information content (AvgIpc) is 3.26. The van der Waals surface area contributed by atoms with Crippen molar-refractivity contribution in [2.75, 3.05) is 31.4 Å². The van der Waals surface area contributed by atoms with Crippen LogP contribution in [0.25, 0.3) is 0 Å². The van der Waals surface area contributed by atoms with Gasteiger partial charge in [-0.05, 0) is 29.8 Å². The van der Waals surface area contributed by atoms with E-state index < -0.39 is 0 Å². The number of methoxy groups -OCH3 is 1. The van der Waals surface area contributed by atoms with Gasteiger partial charge in [0.1, 0.15) is 18.2 Å². The van der Waals surface area contributed by atoms with Gasteiger partial charge in [0, 0.05) is 33.0 Å². The van der Waals surface area contributed by atoms with Crippen LogP contribution < -0.4 is 10.2 Å². The molecule has 136 valence electrons. The molecule has 0 aliphatic rings. The molecule has 0 radical (unpaired) electrons. The van der Waals surface area contributed by atoms with Crippen molar-refractivity contribution in [3.8, 4) is 0 Å². The number of aromatic nitrogens is 2. The maximum absolute atomic E-state index is 12.4. The molecule has 1 aromatic carbocycles. The molecule has 0 saturated heterocycles. The molecule has 26 heavy (non-hydrogen) atoms. The standard InChI is InChI=1S/C19H22N4O3/c1-22(2)15-6-4-14(5-7-15)12-23-18(10-11-20-23)21-19(24)17-9-8-16(26-17)13-25-3/h4-11H,12-13H2,1-3H3,(H,21,24). The summed E-state index contributed by atoms with van der Waals surface area (Å²) in [5, 5.41) is 7.12. The van der Waals surface area contributed by atoms with Crippen molar-refractivity contribution in [2.24, 2.45) is 0 Å². The highest BCUT2D eigenvalue weighted by Crippen LogP contribution is 2.16. The minimum Gasteiger partial charge on any atom is -0.453 e. The zero-order valence-corrected chi connectivity index (χ0v) is 15.1. The van der Waals surface area contributed by atoms with E-state index in [-0.39, 0.29) is 11.7 Å². The highest BCUT2D eigenvalue weighted by molar-refractivity contribution is 6.01. The maximum Gasteiger partial charge on any atom is 0.292 e. The number of nitrogens with zero attached hydrogens (tertiary/aromatic N) is 3. The second-order valence-corrected chi connectivity index (χ2v) is 6.09. The molecule has 1 amide bonds. The Morgan fingerprint density at radius 1 is 1.19 bits per heavy atom. The SMILES string of the molecule is COCc1ccc(C(=O)Nc2ccnn2Cc2ccc(N(C)C)cc2)o1. The van der Waals surface area contributed by atoms with Crippen LogP contribution in [0.5, 0.6) is 0 Å². The van der Waals surface area contributed by atoms with Gasteiger partial charge in [0.05, 0.1) is 12.7 Å². The number of benzene rings is 1. The smallest absolute Gasteiger partial charge is 0.292 e. The summed E-state index contributed by atoms with van der Waals surface area (Å²) in [7, 11) is 5.58. The highest BCUT2D eigenvalue weighted by Gasteiger charge is 2.14. The number of carbonyl (C=O) groups is 1. The third-order valence-corrected chi connectivity index (χ3v) is 3.92. The number of carbonyl (C=O) groups excluding carboxylic acids is 1. The summed E-state index contributed by atoms with van der Waals surface area (Å²) in [5.74, 6) is 1.13. The molecule has 0 aliphatic heterocycles. The second kappa shape index (κ2) is 7.88. The topological polar surface area (TPSA) is 72.5 Å². The Morgan fingerprint density at radius 3 is 2.65 bits per heavy atom. The number of ether oxygens (including phenoxy) is 1.